The minimum absolute atomic E-state index is 0.0353. The van der Waals surface area contributed by atoms with E-state index < -0.39 is 0 Å². The van der Waals surface area contributed by atoms with Crippen LogP contribution in [0.3, 0.4) is 0 Å². The average Bonchev–Trinajstić information content (AvgIpc) is 3.39. The van der Waals surface area contributed by atoms with E-state index in [1.54, 1.807) is 12.4 Å². The van der Waals surface area contributed by atoms with Gasteiger partial charge in [0.05, 0.1) is 42.7 Å². The molecule has 0 atom stereocenters. The standard InChI is InChI=1S/C22H27N5O2/c1-14(2)25-22(28)9-20-18-12-27(26-19(18)6-7-23-20)11-17-8-15(3)21(10-24-17)29-13-16-4-5-16/h6-8,10,12,14,16H,4-5,9,11,13H2,1-3H3,(H,25,28). The van der Waals surface area contributed by atoms with Crippen molar-refractivity contribution < 1.29 is 9.53 Å². The minimum atomic E-state index is -0.0353. The molecule has 7 heteroatoms. The lowest BCUT2D eigenvalue weighted by atomic mass is 10.2. The Balaban J connectivity index is 1.48. The van der Waals surface area contributed by atoms with Crippen LogP contribution in [0.15, 0.2) is 30.7 Å². The molecule has 0 unspecified atom stereocenters. The van der Waals surface area contributed by atoms with Crippen molar-refractivity contribution >= 4 is 16.8 Å². The first-order chi connectivity index (χ1) is 14.0. The van der Waals surface area contributed by atoms with Gasteiger partial charge in [0.2, 0.25) is 5.91 Å². The van der Waals surface area contributed by atoms with E-state index in [0.29, 0.717) is 6.54 Å². The maximum atomic E-state index is 12.1. The fourth-order valence-electron chi connectivity index (χ4n) is 3.29. The number of nitrogens with one attached hydrogen (secondary N) is 1. The van der Waals surface area contributed by atoms with Crippen LogP contribution in [0.1, 0.15) is 43.6 Å². The van der Waals surface area contributed by atoms with Gasteiger partial charge < -0.3 is 10.1 Å². The number of aromatic nitrogens is 4. The van der Waals surface area contributed by atoms with E-state index in [0.717, 1.165) is 46.1 Å². The van der Waals surface area contributed by atoms with Crippen LogP contribution in [-0.4, -0.2) is 38.3 Å². The molecule has 3 aromatic heterocycles. The number of carbonyl (C=O) groups excluding carboxylic acids is 1. The Morgan fingerprint density at radius 1 is 1.34 bits per heavy atom. The van der Waals surface area contributed by atoms with Gasteiger partial charge in [0.15, 0.2) is 0 Å². The van der Waals surface area contributed by atoms with E-state index in [2.05, 4.69) is 20.4 Å². The zero-order valence-corrected chi connectivity index (χ0v) is 17.2. The monoisotopic (exact) mass is 393 g/mol. The molecule has 0 aromatic carbocycles. The van der Waals surface area contributed by atoms with Gasteiger partial charge in [0.25, 0.3) is 0 Å². The van der Waals surface area contributed by atoms with E-state index in [4.69, 9.17) is 4.74 Å². The molecule has 0 aliphatic heterocycles. The molecule has 1 amide bonds. The number of pyridine rings is 2. The Labute approximate surface area is 170 Å². The zero-order valence-electron chi connectivity index (χ0n) is 17.2. The summed E-state index contributed by atoms with van der Waals surface area (Å²) < 4.78 is 7.71. The number of hydrogen-bond acceptors (Lipinski definition) is 5. The summed E-state index contributed by atoms with van der Waals surface area (Å²) in [6.07, 6.45) is 8.23. The van der Waals surface area contributed by atoms with Crippen molar-refractivity contribution in [2.24, 2.45) is 5.92 Å². The first-order valence-corrected chi connectivity index (χ1v) is 10.2. The summed E-state index contributed by atoms with van der Waals surface area (Å²) in [4.78, 5) is 21.1. The summed E-state index contributed by atoms with van der Waals surface area (Å²) in [6, 6.07) is 4.02. The molecule has 0 bridgehead atoms. The highest BCUT2D eigenvalue weighted by Gasteiger charge is 2.22. The number of hydrogen-bond donors (Lipinski definition) is 1. The van der Waals surface area contributed by atoms with Crippen LogP contribution in [-0.2, 0) is 17.8 Å². The van der Waals surface area contributed by atoms with Crippen LogP contribution in [0.5, 0.6) is 5.75 Å². The lowest BCUT2D eigenvalue weighted by Crippen LogP contribution is -2.31. The van der Waals surface area contributed by atoms with E-state index in [1.807, 2.05) is 43.8 Å². The predicted octanol–water partition coefficient (Wildman–Crippen LogP) is 3.04. The smallest absolute Gasteiger partial charge is 0.226 e. The van der Waals surface area contributed by atoms with Crippen molar-refractivity contribution in [3.63, 3.8) is 0 Å². The van der Waals surface area contributed by atoms with Crippen LogP contribution in [0, 0.1) is 12.8 Å². The van der Waals surface area contributed by atoms with E-state index in [1.165, 1.54) is 12.8 Å². The quantitative estimate of drug-likeness (QED) is 0.636. The summed E-state index contributed by atoms with van der Waals surface area (Å²) in [5.41, 5.74) is 3.56. The number of rotatable bonds is 8. The SMILES string of the molecule is Cc1cc(Cn2cc3c(CC(=O)NC(C)C)nccc3n2)ncc1OCC1CC1. The summed E-state index contributed by atoms with van der Waals surface area (Å²) in [7, 11) is 0. The molecule has 1 aliphatic rings. The summed E-state index contributed by atoms with van der Waals surface area (Å²) in [5.74, 6) is 1.54. The number of amides is 1. The molecule has 1 saturated carbocycles. The van der Waals surface area contributed by atoms with Crippen LogP contribution in [0.2, 0.25) is 0 Å². The van der Waals surface area contributed by atoms with Gasteiger partial charge in [-0.1, -0.05) is 0 Å². The normalized spacial score (nSPS) is 13.8. The van der Waals surface area contributed by atoms with Gasteiger partial charge in [-0.3, -0.25) is 19.4 Å². The number of ether oxygens (including phenoxy) is 1. The Morgan fingerprint density at radius 2 is 2.17 bits per heavy atom. The molecule has 7 nitrogen and oxygen atoms in total. The molecule has 0 spiro atoms. The third kappa shape index (κ3) is 4.91. The van der Waals surface area contributed by atoms with Crippen molar-refractivity contribution in [2.45, 2.75) is 52.6 Å². The topological polar surface area (TPSA) is 81.9 Å². The third-order valence-electron chi connectivity index (χ3n) is 4.96. The van der Waals surface area contributed by atoms with Crippen molar-refractivity contribution in [3.05, 3.63) is 47.7 Å². The molecule has 1 N–H and O–H groups in total. The van der Waals surface area contributed by atoms with Crippen molar-refractivity contribution in [1.82, 2.24) is 25.1 Å². The van der Waals surface area contributed by atoms with Gasteiger partial charge in [0, 0.05) is 23.8 Å². The Bertz CT molecular complexity index is 1020. The first-order valence-electron chi connectivity index (χ1n) is 10.2. The van der Waals surface area contributed by atoms with Crippen LogP contribution in [0.25, 0.3) is 10.9 Å². The van der Waals surface area contributed by atoms with Gasteiger partial charge in [-0.15, -0.1) is 0 Å². The number of carbonyl (C=O) groups is 1. The van der Waals surface area contributed by atoms with E-state index in [-0.39, 0.29) is 18.4 Å². The summed E-state index contributed by atoms with van der Waals surface area (Å²) in [5, 5.41) is 8.43. The highest BCUT2D eigenvalue weighted by molar-refractivity contribution is 5.86. The molecule has 3 heterocycles. The molecule has 0 saturated heterocycles. The molecule has 152 valence electrons. The zero-order chi connectivity index (χ0) is 20.4. The molecule has 4 rings (SSSR count). The number of aryl methyl sites for hydroxylation is 1. The van der Waals surface area contributed by atoms with Gasteiger partial charge >= 0.3 is 0 Å². The number of fused-ring (bicyclic) bond motifs is 1. The maximum Gasteiger partial charge on any atom is 0.226 e. The second-order valence-corrected chi connectivity index (χ2v) is 8.11. The molecule has 0 radical (unpaired) electrons. The van der Waals surface area contributed by atoms with Gasteiger partial charge in [-0.25, -0.2) is 0 Å². The van der Waals surface area contributed by atoms with Crippen LogP contribution < -0.4 is 10.1 Å². The highest BCUT2D eigenvalue weighted by atomic mass is 16.5. The summed E-state index contributed by atoms with van der Waals surface area (Å²) in [6.45, 7) is 7.27. The fraction of sp³-hybridized carbons (Fsp3) is 0.455. The fourth-order valence-corrected chi connectivity index (χ4v) is 3.29. The third-order valence-corrected chi connectivity index (χ3v) is 4.96. The molecular weight excluding hydrogens is 366 g/mol. The molecule has 1 aliphatic carbocycles. The second-order valence-electron chi connectivity index (χ2n) is 8.11. The van der Waals surface area contributed by atoms with Gasteiger partial charge in [-0.05, 0) is 57.2 Å². The molecule has 29 heavy (non-hydrogen) atoms. The molecular formula is C22H27N5O2. The first kappa shape index (κ1) is 19.4. The predicted molar refractivity (Wildman–Crippen MR) is 111 cm³/mol. The lowest BCUT2D eigenvalue weighted by Gasteiger charge is -2.09. The van der Waals surface area contributed by atoms with Crippen molar-refractivity contribution in [3.8, 4) is 5.75 Å². The minimum Gasteiger partial charge on any atom is -0.491 e. The van der Waals surface area contributed by atoms with Crippen LogP contribution in [0.4, 0.5) is 0 Å². The Kier molecular flexibility index (Phi) is 5.47. The Morgan fingerprint density at radius 3 is 2.90 bits per heavy atom. The van der Waals surface area contributed by atoms with Crippen molar-refractivity contribution in [1.29, 1.82) is 0 Å². The highest BCUT2D eigenvalue weighted by Crippen LogP contribution is 2.30. The maximum absolute atomic E-state index is 12.1. The second kappa shape index (κ2) is 8.19. The van der Waals surface area contributed by atoms with Gasteiger partial charge in [0.1, 0.15) is 5.75 Å². The average molecular weight is 393 g/mol. The van der Waals surface area contributed by atoms with E-state index in [9.17, 15) is 4.79 Å². The number of nitrogens with zero attached hydrogens (tertiary/aromatic N) is 4. The molecule has 3 aromatic rings. The van der Waals surface area contributed by atoms with E-state index >= 15 is 0 Å². The van der Waals surface area contributed by atoms with Crippen molar-refractivity contribution in [2.75, 3.05) is 6.61 Å². The molecule has 1 fully saturated rings. The summed E-state index contributed by atoms with van der Waals surface area (Å²) >= 11 is 0. The van der Waals surface area contributed by atoms with Gasteiger partial charge in [-0.2, -0.15) is 5.10 Å². The lowest BCUT2D eigenvalue weighted by molar-refractivity contribution is -0.120. The largest absolute Gasteiger partial charge is 0.491 e. The van der Waals surface area contributed by atoms with Crippen LogP contribution >= 0.6 is 0 Å². The Hall–Kier alpha value is -2.96.